The molecule has 1 aliphatic carbocycles. The van der Waals surface area contributed by atoms with Crippen molar-refractivity contribution in [3.05, 3.63) is 77.0 Å². The Morgan fingerprint density at radius 2 is 1.81 bits per heavy atom. The Kier molecular flexibility index (Phi) is 4.69. The molecule has 1 aliphatic heterocycles. The molecule has 1 atom stereocenters. The first-order valence-electron chi connectivity index (χ1n) is 10.9. The maximum Gasteiger partial charge on any atom is 0.162 e. The molecule has 158 valence electrons. The Labute approximate surface area is 182 Å². The summed E-state index contributed by atoms with van der Waals surface area (Å²) in [4.78, 5) is 13.4. The molecular weight excluding hydrogens is 386 g/mol. The van der Waals surface area contributed by atoms with Crippen LogP contribution in [0, 0.1) is 5.41 Å². The number of hydrogen-bond acceptors (Lipinski definition) is 4. The summed E-state index contributed by atoms with van der Waals surface area (Å²) in [6.45, 7) is 6.90. The third-order valence-corrected chi connectivity index (χ3v) is 6.16. The van der Waals surface area contributed by atoms with Gasteiger partial charge < -0.3 is 10.1 Å². The minimum Gasteiger partial charge on any atom is -0.494 e. The van der Waals surface area contributed by atoms with Gasteiger partial charge in [-0.05, 0) is 42.0 Å². The minimum atomic E-state index is -0.167. The average Bonchev–Trinajstić information content (AvgIpc) is 3.16. The molecule has 5 nitrogen and oxygen atoms in total. The van der Waals surface area contributed by atoms with Gasteiger partial charge in [-0.1, -0.05) is 56.3 Å². The Morgan fingerprint density at radius 1 is 1.06 bits per heavy atom. The summed E-state index contributed by atoms with van der Waals surface area (Å²) in [5.74, 6) is 1.69. The molecule has 3 aromatic rings. The van der Waals surface area contributed by atoms with Crippen molar-refractivity contribution >= 4 is 11.6 Å². The molecule has 0 spiro atoms. The van der Waals surface area contributed by atoms with Crippen molar-refractivity contribution in [2.45, 2.75) is 39.5 Å². The number of aromatic nitrogens is 2. The molecule has 5 heteroatoms. The second-order valence-electron chi connectivity index (χ2n) is 9.12. The highest BCUT2D eigenvalue weighted by Crippen LogP contribution is 2.50. The van der Waals surface area contributed by atoms with Gasteiger partial charge in [-0.2, -0.15) is 5.10 Å². The summed E-state index contributed by atoms with van der Waals surface area (Å²) in [5.41, 5.74) is 5.91. The van der Waals surface area contributed by atoms with Crippen molar-refractivity contribution in [2.75, 3.05) is 11.9 Å². The van der Waals surface area contributed by atoms with Crippen molar-refractivity contribution < 1.29 is 9.53 Å². The van der Waals surface area contributed by atoms with E-state index in [2.05, 4.69) is 53.6 Å². The zero-order chi connectivity index (χ0) is 21.6. The van der Waals surface area contributed by atoms with Crippen LogP contribution in [0.2, 0.25) is 0 Å². The SMILES string of the molecule is CCOc1ccc(C2C3=C(CC(C)(C)CC3=O)Nc3n[nH]c(-c4ccccc4)c32)cc1. The second kappa shape index (κ2) is 7.41. The summed E-state index contributed by atoms with van der Waals surface area (Å²) in [5, 5.41) is 11.3. The lowest BCUT2D eigenvalue weighted by atomic mass is 9.69. The van der Waals surface area contributed by atoms with Gasteiger partial charge >= 0.3 is 0 Å². The van der Waals surface area contributed by atoms with E-state index in [-0.39, 0.29) is 17.1 Å². The number of anilines is 1. The molecule has 2 aliphatic rings. The molecular formula is C26H27N3O2. The molecule has 1 aromatic heterocycles. The van der Waals surface area contributed by atoms with E-state index >= 15 is 0 Å². The van der Waals surface area contributed by atoms with E-state index in [0.717, 1.165) is 51.6 Å². The number of allylic oxidation sites excluding steroid dienone is 2. The second-order valence-corrected chi connectivity index (χ2v) is 9.12. The Morgan fingerprint density at radius 3 is 2.52 bits per heavy atom. The predicted octanol–water partition coefficient (Wildman–Crippen LogP) is 5.68. The lowest BCUT2D eigenvalue weighted by Crippen LogP contribution is -2.33. The van der Waals surface area contributed by atoms with E-state index in [0.29, 0.717) is 13.0 Å². The van der Waals surface area contributed by atoms with Gasteiger partial charge in [0.15, 0.2) is 11.6 Å². The Hall–Kier alpha value is -3.34. The molecule has 5 rings (SSSR count). The van der Waals surface area contributed by atoms with Crippen molar-refractivity contribution in [1.82, 2.24) is 10.2 Å². The van der Waals surface area contributed by atoms with E-state index in [4.69, 9.17) is 4.74 Å². The number of ketones is 1. The van der Waals surface area contributed by atoms with Gasteiger partial charge in [0.1, 0.15) is 5.75 Å². The smallest absolute Gasteiger partial charge is 0.162 e. The number of rotatable bonds is 4. The van der Waals surface area contributed by atoms with Crippen LogP contribution < -0.4 is 10.1 Å². The molecule has 2 aromatic carbocycles. The van der Waals surface area contributed by atoms with E-state index < -0.39 is 0 Å². The number of benzene rings is 2. The Balaban J connectivity index is 1.69. The minimum absolute atomic E-state index is 0.0671. The number of aromatic amines is 1. The summed E-state index contributed by atoms with van der Waals surface area (Å²) in [6, 6.07) is 18.3. The number of carbonyl (C=O) groups excluding carboxylic acids is 1. The van der Waals surface area contributed by atoms with Crippen LogP contribution in [-0.2, 0) is 4.79 Å². The molecule has 0 fully saturated rings. The molecule has 2 N–H and O–H groups in total. The van der Waals surface area contributed by atoms with E-state index in [9.17, 15) is 4.79 Å². The maximum atomic E-state index is 13.4. The van der Waals surface area contributed by atoms with E-state index in [1.807, 2.05) is 37.3 Å². The fraction of sp³-hybridized carbons (Fsp3) is 0.308. The van der Waals surface area contributed by atoms with E-state index in [1.54, 1.807) is 0 Å². The Bertz CT molecular complexity index is 1160. The normalized spacial score (nSPS) is 19.5. The number of fused-ring (bicyclic) bond motifs is 1. The summed E-state index contributed by atoms with van der Waals surface area (Å²) >= 11 is 0. The fourth-order valence-corrected chi connectivity index (χ4v) is 4.88. The monoisotopic (exact) mass is 413 g/mol. The van der Waals surface area contributed by atoms with Gasteiger partial charge in [-0.15, -0.1) is 0 Å². The van der Waals surface area contributed by atoms with E-state index in [1.165, 1.54) is 0 Å². The molecule has 0 amide bonds. The molecule has 1 unspecified atom stereocenters. The number of H-pyrrole nitrogens is 1. The molecule has 31 heavy (non-hydrogen) atoms. The van der Waals surface area contributed by atoms with Crippen LogP contribution in [-0.4, -0.2) is 22.6 Å². The predicted molar refractivity (Wildman–Crippen MR) is 122 cm³/mol. The highest BCUT2D eigenvalue weighted by atomic mass is 16.5. The van der Waals surface area contributed by atoms with Crippen molar-refractivity contribution in [3.63, 3.8) is 0 Å². The largest absolute Gasteiger partial charge is 0.494 e. The van der Waals surface area contributed by atoms with Crippen LogP contribution in [0.4, 0.5) is 5.82 Å². The van der Waals surface area contributed by atoms with Crippen LogP contribution in [0.25, 0.3) is 11.3 Å². The summed E-state index contributed by atoms with van der Waals surface area (Å²) in [7, 11) is 0. The van der Waals surface area contributed by atoms with Crippen LogP contribution in [0.3, 0.4) is 0 Å². The van der Waals surface area contributed by atoms with Crippen LogP contribution in [0.5, 0.6) is 5.75 Å². The third kappa shape index (κ3) is 3.44. The fourth-order valence-electron chi connectivity index (χ4n) is 4.88. The first-order valence-corrected chi connectivity index (χ1v) is 10.9. The van der Waals surface area contributed by atoms with Crippen molar-refractivity contribution in [2.24, 2.45) is 5.41 Å². The first kappa shape index (κ1) is 19.6. The number of nitrogens with zero attached hydrogens (tertiary/aromatic N) is 1. The van der Waals surface area contributed by atoms with Crippen molar-refractivity contribution in [1.29, 1.82) is 0 Å². The summed E-state index contributed by atoms with van der Waals surface area (Å²) < 4.78 is 5.64. The van der Waals surface area contributed by atoms with Gasteiger partial charge in [0.05, 0.1) is 12.3 Å². The molecule has 0 saturated carbocycles. The quantitative estimate of drug-likeness (QED) is 0.578. The highest BCUT2D eigenvalue weighted by molar-refractivity contribution is 6.02. The standard InChI is InChI=1S/C26H27N3O2/c1-4-31-18-12-10-16(11-13-18)21-22-19(14-26(2,3)15-20(22)30)27-25-23(21)24(28-29-25)17-8-6-5-7-9-17/h5-13,21H,4,14-15H2,1-3H3,(H2,27,28,29). The molecule has 0 radical (unpaired) electrons. The van der Waals surface area contributed by atoms with Gasteiger partial charge in [-0.25, -0.2) is 0 Å². The van der Waals surface area contributed by atoms with Crippen LogP contribution in [0.1, 0.15) is 50.7 Å². The first-order chi connectivity index (χ1) is 15.0. The average molecular weight is 414 g/mol. The zero-order valence-corrected chi connectivity index (χ0v) is 18.2. The number of hydrogen-bond donors (Lipinski definition) is 2. The molecule has 0 bridgehead atoms. The van der Waals surface area contributed by atoms with Crippen LogP contribution in [0.15, 0.2) is 65.9 Å². The van der Waals surface area contributed by atoms with Gasteiger partial charge in [0.2, 0.25) is 0 Å². The molecule has 0 saturated heterocycles. The van der Waals surface area contributed by atoms with Crippen LogP contribution >= 0.6 is 0 Å². The van der Waals surface area contributed by atoms with Gasteiger partial charge in [-0.3, -0.25) is 9.89 Å². The molecule has 2 heterocycles. The number of Topliss-reactive ketones (excluding diaryl/α,β-unsaturated/α-hetero) is 1. The lowest BCUT2D eigenvalue weighted by Gasteiger charge is -2.38. The number of carbonyl (C=O) groups is 1. The highest BCUT2D eigenvalue weighted by Gasteiger charge is 2.42. The number of ether oxygens (including phenoxy) is 1. The maximum absolute atomic E-state index is 13.4. The lowest BCUT2D eigenvalue weighted by molar-refractivity contribution is -0.118. The van der Waals surface area contributed by atoms with Crippen molar-refractivity contribution in [3.8, 4) is 17.0 Å². The zero-order valence-electron chi connectivity index (χ0n) is 18.2. The van der Waals surface area contributed by atoms with Gasteiger partial charge in [0.25, 0.3) is 0 Å². The third-order valence-electron chi connectivity index (χ3n) is 6.16. The topological polar surface area (TPSA) is 67.0 Å². The number of nitrogens with one attached hydrogen (secondary N) is 2. The summed E-state index contributed by atoms with van der Waals surface area (Å²) in [6.07, 6.45) is 1.38. The van der Waals surface area contributed by atoms with Gasteiger partial charge in [0, 0.05) is 29.2 Å².